The summed E-state index contributed by atoms with van der Waals surface area (Å²) in [4.78, 5) is 0. The molecule has 0 amide bonds. The highest BCUT2D eigenvalue weighted by molar-refractivity contribution is 5.87. The maximum absolute atomic E-state index is 9.16. The summed E-state index contributed by atoms with van der Waals surface area (Å²) in [6, 6.07) is 5.87. The van der Waals surface area contributed by atoms with Crippen molar-refractivity contribution in [3.8, 4) is 5.75 Å². The van der Waals surface area contributed by atoms with Gasteiger partial charge in [0.2, 0.25) is 0 Å². The Morgan fingerprint density at radius 2 is 2.25 bits per heavy atom. The molecule has 1 aromatic carbocycles. The lowest BCUT2D eigenvalue weighted by molar-refractivity contribution is -0.105. The highest BCUT2D eigenvalue weighted by atomic mass is 16.7. The van der Waals surface area contributed by atoms with Gasteiger partial charge in [-0.2, -0.15) is 0 Å². The number of aliphatic hydroxyl groups is 1. The van der Waals surface area contributed by atoms with E-state index in [2.05, 4.69) is 0 Å². The van der Waals surface area contributed by atoms with Gasteiger partial charge in [-0.25, -0.2) is 0 Å². The number of benzene rings is 1. The summed E-state index contributed by atoms with van der Waals surface area (Å²) in [6.45, 7) is 2.80. The highest BCUT2D eigenvalue weighted by Gasteiger charge is 2.19. The molecule has 3 rings (SSSR count). The van der Waals surface area contributed by atoms with Crippen molar-refractivity contribution in [2.45, 2.75) is 38.9 Å². The summed E-state index contributed by atoms with van der Waals surface area (Å²) in [5.41, 5.74) is 1.81. The Kier molecular flexibility index (Phi) is 3.94. The van der Waals surface area contributed by atoms with E-state index in [-0.39, 0.29) is 12.9 Å². The molecular formula is C16H20O4. The van der Waals surface area contributed by atoms with Crippen LogP contribution in [-0.2, 0) is 11.2 Å². The standard InChI is InChI=1S/C16H20O4/c1-11-12(8-9-17)13-5-4-6-14(16(13)19-11)20-15-7-2-3-10-18-15/h4-6,15,17H,2-3,7-10H2,1H3. The van der Waals surface area contributed by atoms with E-state index < -0.39 is 0 Å². The van der Waals surface area contributed by atoms with Crippen molar-refractivity contribution in [2.24, 2.45) is 0 Å². The molecule has 1 N–H and O–H groups in total. The number of hydrogen-bond acceptors (Lipinski definition) is 4. The van der Waals surface area contributed by atoms with Crippen LogP contribution in [-0.4, -0.2) is 24.6 Å². The van der Waals surface area contributed by atoms with Gasteiger partial charge in [0.05, 0.1) is 6.61 Å². The monoisotopic (exact) mass is 276 g/mol. The van der Waals surface area contributed by atoms with Crippen molar-refractivity contribution in [1.29, 1.82) is 0 Å². The SMILES string of the molecule is Cc1oc2c(OC3CCCCO3)cccc2c1CCO. The quantitative estimate of drug-likeness (QED) is 0.931. The minimum atomic E-state index is -0.180. The largest absolute Gasteiger partial charge is 0.461 e. The van der Waals surface area contributed by atoms with Crippen LogP contribution >= 0.6 is 0 Å². The first kappa shape index (κ1) is 13.5. The summed E-state index contributed by atoms with van der Waals surface area (Å²) in [6.07, 6.45) is 3.57. The second-order valence-electron chi connectivity index (χ2n) is 5.16. The molecule has 0 radical (unpaired) electrons. The number of hydrogen-bond donors (Lipinski definition) is 1. The maximum Gasteiger partial charge on any atom is 0.200 e. The number of rotatable bonds is 4. The molecule has 2 aromatic rings. The maximum atomic E-state index is 9.16. The lowest BCUT2D eigenvalue weighted by Gasteiger charge is -2.23. The molecule has 1 aliphatic heterocycles. The molecular weight excluding hydrogens is 256 g/mol. The summed E-state index contributed by atoms with van der Waals surface area (Å²) < 4.78 is 17.4. The molecule has 0 saturated carbocycles. The van der Waals surface area contributed by atoms with Gasteiger partial charge in [0.25, 0.3) is 0 Å². The lowest BCUT2D eigenvalue weighted by Crippen LogP contribution is -2.25. The van der Waals surface area contributed by atoms with E-state index in [1.165, 1.54) is 0 Å². The van der Waals surface area contributed by atoms with Crippen LogP contribution < -0.4 is 4.74 Å². The smallest absolute Gasteiger partial charge is 0.200 e. The third-order valence-corrected chi connectivity index (χ3v) is 3.74. The summed E-state index contributed by atoms with van der Waals surface area (Å²) in [5, 5.41) is 10.2. The number of aryl methyl sites for hydroxylation is 1. The second-order valence-corrected chi connectivity index (χ2v) is 5.16. The Balaban J connectivity index is 1.92. The zero-order chi connectivity index (χ0) is 13.9. The fourth-order valence-electron chi connectivity index (χ4n) is 2.72. The van der Waals surface area contributed by atoms with E-state index in [9.17, 15) is 0 Å². The Morgan fingerprint density at radius 1 is 1.35 bits per heavy atom. The van der Waals surface area contributed by atoms with Gasteiger partial charge in [0, 0.05) is 24.0 Å². The molecule has 0 aliphatic carbocycles. The Hall–Kier alpha value is -1.52. The third kappa shape index (κ3) is 2.53. The fraction of sp³-hybridized carbons (Fsp3) is 0.500. The van der Waals surface area contributed by atoms with E-state index >= 15 is 0 Å². The van der Waals surface area contributed by atoms with Gasteiger partial charge in [0.15, 0.2) is 17.6 Å². The van der Waals surface area contributed by atoms with Crippen LogP contribution in [0, 0.1) is 6.92 Å². The molecule has 1 atom stereocenters. The van der Waals surface area contributed by atoms with Gasteiger partial charge in [0.1, 0.15) is 5.76 Å². The van der Waals surface area contributed by atoms with Crippen LogP contribution in [0.1, 0.15) is 30.6 Å². The van der Waals surface area contributed by atoms with E-state index in [0.29, 0.717) is 6.42 Å². The number of aliphatic hydroxyl groups excluding tert-OH is 1. The summed E-state index contributed by atoms with van der Waals surface area (Å²) in [5.74, 6) is 1.57. The van der Waals surface area contributed by atoms with Crippen molar-refractivity contribution in [1.82, 2.24) is 0 Å². The first-order valence-electron chi connectivity index (χ1n) is 7.19. The van der Waals surface area contributed by atoms with Gasteiger partial charge in [-0.05, 0) is 32.3 Å². The molecule has 4 nitrogen and oxygen atoms in total. The normalized spacial score (nSPS) is 19.4. The fourth-order valence-corrected chi connectivity index (χ4v) is 2.72. The number of fused-ring (bicyclic) bond motifs is 1. The van der Waals surface area contributed by atoms with Gasteiger partial charge in [-0.3, -0.25) is 0 Å². The molecule has 1 aromatic heterocycles. The molecule has 20 heavy (non-hydrogen) atoms. The molecule has 2 heterocycles. The Morgan fingerprint density at radius 3 is 3.00 bits per heavy atom. The minimum absolute atomic E-state index is 0.117. The first-order valence-corrected chi connectivity index (χ1v) is 7.19. The molecule has 0 bridgehead atoms. The third-order valence-electron chi connectivity index (χ3n) is 3.74. The molecule has 1 saturated heterocycles. The van der Waals surface area contributed by atoms with Gasteiger partial charge >= 0.3 is 0 Å². The molecule has 108 valence electrons. The Bertz CT molecular complexity index is 581. The molecule has 1 fully saturated rings. The number of ether oxygens (including phenoxy) is 2. The zero-order valence-electron chi connectivity index (χ0n) is 11.7. The van der Waals surface area contributed by atoms with E-state index in [4.69, 9.17) is 19.0 Å². The number of para-hydroxylation sites is 1. The zero-order valence-corrected chi connectivity index (χ0v) is 11.7. The van der Waals surface area contributed by atoms with Gasteiger partial charge in [-0.1, -0.05) is 12.1 Å². The van der Waals surface area contributed by atoms with Crippen LogP contribution in [0.2, 0.25) is 0 Å². The van der Waals surface area contributed by atoms with E-state index in [1.54, 1.807) is 0 Å². The van der Waals surface area contributed by atoms with Crippen LogP contribution in [0.4, 0.5) is 0 Å². The predicted molar refractivity (Wildman–Crippen MR) is 76.0 cm³/mol. The van der Waals surface area contributed by atoms with Crippen molar-refractivity contribution < 1.29 is 19.0 Å². The van der Waals surface area contributed by atoms with Crippen molar-refractivity contribution >= 4 is 11.0 Å². The predicted octanol–water partition coefficient (Wildman–Crippen LogP) is 3.18. The summed E-state index contributed by atoms with van der Waals surface area (Å²) in [7, 11) is 0. The lowest BCUT2D eigenvalue weighted by atomic mass is 10.1. The highest BCUT2D eigenvalue weighted by Crippen LogP contribution is 2.34. The van der Waals surface area contributed by atoms with Crippen LogP contribution in [0.3, 0.4) is 0 Å². The molecule has 0 spiro atoms. The topological polar surface area (TPSA) is 51.8 Å². The van der Waals surface area contributed by atoms with Crippen molar-refractivity contribution in [3.63, 3.8) is 0 Å². The van der Waals surface area contributed by atoms with Crippen LogP contribution in [0.25, 0.3) is 11.0 Å². The summed E-state index contributed by atoms with van der Waals surface area (Å²) >= 11 is 0. The second kappa shape index (κ2) is 5.85. The van der Waals surface area contributed by atoms with Crippen LogP contribution in [0.5, 0.6) is 5.75 Å². The van der Waals surface area contributed by atoms with Gasteiger partial charge in [-0.15, -0.1) is 0 Å². The average Bonchev–Trinajstić information content (AvgIpc) is 2.78. The van der Waals surface area contributed by atoms with Crippen molar-refractivity contribution in [3.05, 3.63) is 29.5 Å². The van der Waals surface area contributed by atoms with E-state index in [1.807, 2.05) is 25.1 Å². The Labute approximate surface area is 118 Å². The minimum Gasteiger partial charge on any atom is -0.461 e. The molecule has 1 aliphatic rings. The number of furan rings is 1. The van der Waals surface area contributed by atoms with E-state index in [0.717, 1.165) is 53.9 Å². The average molecular weight is 276 g/mol. The van der Waals surface area contributed by atoms with Crippen LogP contribution in [0.15, 0.2) is 22.6 Å². The van der Waals surface area contributed by atoms with Gasteiger partial charge < -0.3 is 19.0 Å². The molecule has 4 heteroatoms. The molecule has 1 unspecified atom stereocenters. The first-order chi connectivity index (χ1) is 9.79. The van der Waals surface area contributed by atoms with Crippen molar-refractivity contribution in [2.75, 3.05) is 13.2 Å².